The number of esters is 1. The number of carbonyl (C=O) groups excluding carboxylic acids is 3. The van der Waals surface area contributed by atoms with Crippen molar-refractivity contribution in [3.8, 4) is 0 Å². The first kappa shape index (κ1) is 25.1. The number of thioether (sulfide) groups is 1. The van der Waals surface area contributed by atoms with Crippen LogP contribution in [0.25, 0.3) is 0 Å². The molecular weight excluding hydrogens is 481 g/mol. The van der Waals surface area contributed by atoms with Crippen LogP contribution >= 0.6 is 11.8 Å². The SMILES string of the molecule is COC(=O)c1ccc(NC(=O)CC2SC(=Nc3ccccc3)N(CCc3ccc(F)cc3)C2=O)cc1. The molecule has 1 heterocycles. The maximum absolute atomic E-state index is 13.3. The van der Waals surface area contributed by atoms with Crippen LogP contribution in [-0.2, 0) is 20.7 Å². The van der Waals surface area contributed by atoms with E-state index in [9.17, 15) is 18.8 Å². The molecule has 3 aromatic carbocycles. The Kier molecular flexibility index (Phi) is 8.12. The van der Waals surface area contributed by atoms with Crippen molar-refractivity contribution in [3.63, 3.8) is 0 Å². The van der Waals surface area contributed by atoms with Crippen LogP contribution in [0.5, 0.6) is 0 Å². The number of amidine groups is 1. The summed E-state index contributed by atoms with van der Waals surface area (Å²) in [5.74, 6) is -1.31. The number of nitrogens with one attached hydrogen (secondary N) is 1. The Morgan fingerprint density at radius 2 is 1.72 bits per heavy atom. The number of carbonyl (C=O) groups is 3. The molecule has 0 saturated carbocycles. The van der Waals surface area contributed by atoms with E-state index in [4.69, 9.17) is 0 Å². The van der Waals surface area contributed by atoms with Crippen molar-refractivity contribution >= 4 is 46.1 Å². The predicted molar refractivity (Wildman–Crippen MR) is 138 cm³/mol. The van der Waals surface area contributed by atoms with Gasteiger partial charge in [-0.1, -0.05) is 42.1 Å². The minimum atomic E-state index is -0.630. The van der Waals surface area contributed by atoms with Crippen molar-refractivity contribution in [2.75, 3.05) is 19.0 Å². The number of nitrogens with zero attached hydrogens (tertiary/aromatic N) is 2. The quantitative estimate of drug-likeness (QED) is 0.444. The standard InChI is InChI=1S/C27H24FN3O4S/c1-35-26(34)19-9-13-22(14-10-19)29-24(32)17-23-25(33)31(16-15-18-7-11-20(28)12-8-18)27(36-23)30-21-5-3-2-4-6-21/h2-14,23H,15-17H2,1H3,(H,29,32). The van der Waals surface area contributed by atoms with Crippen molar-refractivity contribution in [2.24, 2.45) is 4.99 Å². The molecule has 1 N–H and O–H groups in total. The van der Waals surface area contributed by atoms with Gasteiger partial charge in [-0.25, -0.2) is 14.2 Å². The summed E-state index contributed by atoms with van der Waals surface area (Å²) in [6.07, 6.45) is 0.481. The van der Waals surface area contributed by atoms with Gasteiger partial charge in [0.05, 0.1) is 18.4 Å². The van der Waals surface area contributed by atoms with Crippen molar-refractivity contribution in [2.45, 2.75) is 18.1 Å². The molecule has 1 aliphatic heterocycles. The predicted octanol–water partition coefficient (Wildman–Crippen LogP) is 4.82. The van der Waals surface area contributed by atoms with Crippen molar-refractivity contribution in [1.82, 2.24) is 4.90 Å². The van der Waals surface area contributed by atoms with Crippen molar-refractivity contribution in [3.05, 3.63) is 95.8 Å². The Bertz CT molecular complexity index is 1260. The Hall–Kier alpha value is -3.98. The summed E-state index contributed by atoms with van der Waals surface area (Å²) in [6.45, 7) is 0.357. The van der Waals surface area contributed by atoms with Gasteiger partial charge in [0.1, 0.15) is 11.1 Å². The molecular formula is C27H24FN3O4S. The van der Waals surface area contributed by atoms with Gasteiger partial charge in [-0.15, -0.1) is 0 Å². The molecule has 1 aliphatic rings. The fourth-order valence-electron chi connectivity index (χ4n) is 3.62. The number of hydrogen-bond donors (Lipinski definition) is 1. The number of anilines is 1. The van der Waals surface area contributed by atoms with Crippen LogP contribution in [0.3, 0.4) is 0 Å². The molecule has 36 heavy (non-hydrogen) atoms. The van der Waals surface area contributed by atoms with Crippen molar-refractivity contribution in [1.29, 1.82) is 0 Å². The highest BCUT2D eigenvalue weighted by molar-refractivity contribution is 8.15. The van der Waals surface area contributed by atoms with Crippen LogP contribution in [0.1, 0.15) is 22.3 Å². The van der Waals surface area contributed by atoms with Gasteiger partial charge in [-0.05, 0) is 60.5 Å². The third-order valence-electron chi connectivity index (χ3n) is 5.50. The molecule has 9 heteroatoms. The number of aliphatic imine (C=N–C) groups is 1. The van der Waals surface area contributed by atoms with E-state index in [0.29, 0.717) is 35.1 Å². The van der Waals surface area contributed by atoms with E-state index < -0.39 is 11.2 Å². The average Bonchev–Trinajstić information content (AvgIpc) is 3.17. The van der Waals surface area contributed by atoms with Crippen LogP contribution in [0, 0.1) is 5.82 Å². The Labute approximate surface area is 212 Å². The van der Waals surface area contributed by atoms with E-state index in [1.807, 2.05) is 30.3 Å². The summed E-state index contributed by atoms with van der Waals surface area (Å²) in [7, 11) is 1.30. The first-order valence-corrected chi connectivity index (χ1v) is 12.2. The number of para-hydroxylation sites is 1. The second-order valence-electron chi connectivity index (χ2n) is 8.02. The summed E-state index contributed by atoms with van der Waals surface area (Å²) in [5.41, 5.74) is 2.48. The zero-order valence-corrected chi connectivity index (χ0v) is 20.3. The molecule has 1 atom stereocenters. The minimum Gasteiger partial charge on any atom is -0.465 e. The molecule has 7 nitrogen and oxygen atoms in total. The van der Waals surface area contributed by atoms with Gasteiger partial charge in [-0.3, -0.25) is 14.5 Å². The fraction of sp³-hybridized carbons (Fsp3) is 0.185. The first-order valence-electron chi connectivity index (χ1n) is 11.3. The van der Waals surface area contributed by atoms with E-state index in [0.717, 1.165) is 5.56 Å². The maximum Gasteiger partial charge on any atom is 0.337 e. The van der Waals surface area contributed by atoms with E-state index in [1.54, 1.807) is 41.3 Å². The number of methoxy groups -OCH3 is 1. The fourth-order valence-corrected chi connectivity index (χ4v) is 4.81. The van der Waals surface area contributed by atoms with E-state index in [2.05, 4.69) is 15.0 Å². The molecule has 184 valence electrons. The monoisotopic (exact) mass is 505 g/mol. The number of amides is 2. The number of halogens is 1. The van der Waals surface area contributed by atoms with Crippen LogP contribution in [0.4, 0.5) is 15.8 Å². The second-order valence-corrected chi connectivity index (χ2v) is 9.19. The van der Waals surface area contributed by atoms with Gasteiger partial charge in [0.2, 0.25) is 11.8 Å². The molecule has 4 rings (SSSR count). The van der Waals surface area contributed by atoms with Gasteiger partial charge in [0.25, 0.3) is 0 Å². The smallest absolute Gasteiger partial charge is 0.337 e. The normalized spacial score (nSPS) is 16.3. The van der Waals surface area contributed by atoms with Crippen LogP contribution in [0.2, 0.25) is 0 Å². The van der Waals surface area contributed by atoms with Gasteiger partial charge >= 0.3 is 5.97 Å². The summed E-state index contributed by atoms with van der Waals surface area (Å²) in [4.78, 5) is 43.8. The molecule has 0 spiro atoms. The molecule has 1 unspecified atom stereocenters. The molecule has 0 radical (unpaired) electrons. The highest BCUT2D eigenvalue weighted by atomic mass is 32.2. The average molecular weight is 506 g/mol. The lowest BCUT2D eigenvalue weighted by molar-refractivity contribution is -0.128. The lowest BCUT2D eigenvalue weighted by atomic mass is 10.1. The van der Waals surface area contributed by atoms with Crippen LogP contribution in [-0.4, -0.2) is 46.8 Å². The molecule has 0 aliphatic carbocycles. The number of ether oxygens (including phenoxy) is 1. The zero-order valence-electron chi connectivity index (χ0n) is 19.5. The lowest BCUT2D eigenvalue weighted by Gasteiger charge is -2.16. The topological polar surface area (TPSA) is 88.1 Å². The molecule has 1 saturated heterocycles. The summed E-state index contributed by atoms with van der Waals surface area (Å²) < 4.78 is 17.9. The molecule has 2 amide bonds. The minimum absolute atomic E-state index is 0.0386. The van der Waals surface area contributed by atoms with E-state index >= 15 is 0 Å². The highest BCUT2D eigenvalue weighted by Gasteiger charge is 2.39. The van der Waals surface area contributed by atoms with Gasteiger partial charge in [0.15, 0.2) is 5.17 Å². The van der Waals surface area contributed by atoms with Gasteiger partial charge in [0, 0.05) is 18.7 Å². The molecule has 0 aromatic heterocycles. The third-order valence-corrected chi connectivity index (χ3v) is 6.67. The van der Waals surface area contributed by atoms with E-state index in [-0.39, 0.29) is 24.1 Å². The summed E-state index contributed by atoms with van der Waals surface area (Å²) >= 11 is 1.25. The second kappa shape index (κ2) is 11.6. The number of rotatable bonds is 8. The number of benzene rings is 3. The Morgan fingerprint density at radius 1 is 1.03 bits per heavy atom. The highest BCUT2D eigenvalue weighted by Crippen LogP contribution is 2.32. The van der Waals surface area contributed by atoms with Crippen LogP contribution < -0.4 is 5.32 Å². The third kappa shape index (κ3) is 6.37. The lowest BCUT2D eigenvalue weighted by Crippen LogP contribution is -2.35. The Morgan fingerprint density at radius 3 is 2.39 bits per heavy atom. The number of hydrogen-bond acceptors (Lipinski definition) is 6. The molecule has 3 aromatic rings. The first-order chi connectivity index (χ1) is 17.4. The van der Waals surface area contributed by atoms with Gasteiger partial charge < -0.3 is 10.1 Å². The summed E-state index contributed by atoms with van der Waals surface area (Å²) in [6, 6.07) is 21.8. The Balaban J connectivity index is 1.45. The van der Waals surface area contributed by atoms with Crippen molar-refractivity contribution < 1.29 is 23.5 Å². The molecule has 1 fully saturated rings. The van der Waals surface area contributed by atoms with Gasteiger partial charge in [-0.2, -0.15) is 0 Å². The van der Waals surface area contributed by atoms with Crippen LogP contribution in [0.15, 0.2) is 83.9 Å². The molecule has 0 bridgehead atoms. The maximum atomic E-state index is 13.3. The zero-order chi connectivity index (χ0) is 25.5. The summed E-state index contributed by atoms with van der Waals surface area (Å²) in [5, 5.41) is 2.66. The van der Waals surface area contributed by atoms with E-state index in [1.165, 1.54) is 31.0 Å². The largest absolute Gasteiger partial charge is 0.465 e.